The van der Waals surface area contributed by atoms with Gasteiger partial charge in [-0.2, -0.15) is 9.97 Å². The van der Waals surface area contributed by atoms with Gasteiger partial charge in [0.15, 0.2) is 29.2 Å². The maximum Gasteiger partial charge on any atom is 0.395 e. The van der Waals surface area contributed by atoms with Crippen LogP contribution in [0.2, 0.25) is 0 Å². The molecule has 2 aromatic carbocycles. The van der Waals surface area contributed by atoms with Crippen molar-refractivity contribution in [1.82, 2.24) is 19.5 Å². The third-order valence-electron chi connectivity index (χ3n) is 6.65. The van der Waals surface area contributed by atoms with Crippen molar-refractivity contribution < 1.29 is 43.7 Å². The van der Waals surface area contributed by atoms with Crippen LogP contribution in [0.4, 0.5) is 5.95 Å². The molecular formula is C25H27N6O9P. The average Bonchev–Trinajstić information content (AvgIpc) is 3.45. The van der Waals surface area contributed by atoms with Crippen molar-refractivity contribution in [2.45, 2.75) is 43.9 Å². The number of hydrogen-bond acceptors (Lipinski definition) is 13. The molecule has 1 aliphatic heterocycles. The summed E-state index contributed by atoms with van der Waals surface area (Å²) >= 11 is 0. The molecule has 15 nitrogen and oxygen atoms in total. The van der Waals surface area contributed by atoms with E-state index in [0.29, 0.717) is 5.39 Å². The van der Waals surface area contributed by atoms with Crippen LogP contribution < -0.4 is 24.6 Å². The Morgan fingerprint density at radius 1 is 1.32 bits per heavy atom. The number of aliphatic hydroxyl groups excluding tert-OH is 1. The number of ether oxygens (including phenoxy) is 3. The zero-order valence-corrected chi connectivity index (χ0v) is 23.0. The molecule has 4 aromatic rings. The molecule has 0 aliphatic carbocycles. The number of rotatable bonds is 9. The summed E-state index contributed by atoms with van der Waals surface area (Å²) in [5, 5.41) is 32.6. The van der Waals surface area contributed by atoms with Gasteiger partial charge in [-0.25, -0.2) is 9.78 Å². The van der Waals surface area contributed by atoms with Gasteiger partial charge in [-0.1, -0.05) is 35.1 Å². The molecule has 6 atom stereocenters. The van der Waals surface area contributed by atoms with Crippen molar-refractivity contribution in [2.75, 3.05) is 19.5 Å². The zero-order chi connectivity index (χ0) is 29.5. The number of carbonyl (C=O) groups is 1. The molecule has 1 aliphatic rings. The maximum absolute atomic E-state index is 12.6. The summed E-state index contributed by atoms with van der Waals surface area (Å²) in [6.07, 6.45) is -2.24. The lowest BCUT2D eigenvalue weighted by atomic mass is 9.96. The molecule has 1 fully saturated rings. The lowest BCUT2D eigenvalue weighted by Crippen LogP contribution is -2.44. The molecule has 0 saturated carbocycles. The van der Waals surface area contributed by atoms with Crippen LogP contribution in [0.15, 0.2) is 47.5 Å². The normalized spacial score (nSPS) is 23.6. The highest BCUT2D eigenvalue weighted by molar-refractivity contribution is 7.34. The Labute approximate surface area is 233 Å². The summed E-state index contributed by atoms with van der Waals surface area (Å²) < 4.78 is 27.9. The fraction of sp³-hybridized carbons (Fsp3) is 0.360. The minimum Gasteiger partial charge on any atom is -0.575 e. The van der Waals surface area contributed by atoms with E-state index in [1.165, 1.54) is 31.9 Å². The summed E-state index contributed by atoms with van der Waals surface area (Å²) in [5.74, 6) is -0.987. The molecule has 16 heteroatoms. The molecule has 2 unspecified atom stereocenters. The van der Waals surface area contributed by atoms with E-state index in [0.717, 1.165) is 5.39 Å². The molecule has 5 rings (SSSR count). The van der Waals surface area contributed by atoms with Gasteiger partial charge in [-0.3, -0.25) is 9.09 Å². The number of anilines is 1. The molecule has 5 N–H and O–H groups in total. The highest BCUT2D eigenvalue weighted by Crippen LogP contribution is 2.43. The minimum atomic E-state index is -2.77. The van der Waals surface area contributed by atoms with Crippen molar-refractivity contribution >= 4 is 42.0 Å². The largest absolute Gasteiger partial charge is 0.575 e. The van der Waals surface area contributed by atoms with Crippen LogP contribution in [0.3, 0.4) is 0 Å². The van der Waals surface area contributed by atoms with Crippen LogP contribution >= 0.6 is 8.17 Å². The first-order valence-electron chi connectivity index (χ1n) is 12.3. The number of methoxy groups -OCH3 is 1. The van der Waals surface area contributed by atoms with E-state index in [9.17, 15) is 19.9 Å². The highest BCUT2D eigenvalue weighted by Gasteiger charge is 2.54. The van der Waals surface area contributed by atoms with Crippen LogP contribution in [0.1, 0.15) is 20.1 Å². The number of aliphatic carboxylic acids is 1. The third kappa shape index (κ3) is 5.33. The van der Waals surface area contributed by atoms with Gasteiger partial charge in [0.05, 0.1) is 13.4 Å². The van der Waals surface area contributed by atoms with E-state index in [1.807, 2.05) is 12.1 Å². The zero-order valence-electron chi connectivity index (χ0n) is 22.1. The SMILES string of the molecule is COc1nc(N)nc2c1ncn2[C@@H]1O[C@H](COc2ccc3ccccc3c2O/[P+]([O-])=N/C(C)C(=O)O)[C@@H](O)[C@@]1(C)O. The average molecular weight is 586 g/mol. The second-order valence-electron chi connectivity index (χ2n) is 9.50. The van der Waals surface area contributed by atoms with Crippen molar-refractivity contribution in [3.8, 4) is 17.4 Å². The van der Waals surface area contributed by atoms with Gasteiger partial charge >= 0.3 is 14.1 Å². The Bertz CT molecular complexity index is 1640. The van der Waals surface area contributed by atoms with Crippen molar-refractivity contribution in [3.63, 3.8) is 0 Å². The number of nitrogen functional groups attached to an aromatic ring is 1. The predicted molar refractivity (Wildman–Crippen MR) is 143 cm³/mol. The molecule has 0 radical (unpaired) electrons. The number of nitrogens with zero attached hydrogens (tertiary/aromatic N) is 5. The molecule has 3 heterocycles. The standard InChI is InChI=1S/C25H27N6O9P/c1-12(22(33)34)30-41(36)40-18-14-7-5-4-6-13(14)8-9-15(18)38-10-16-19(32)25(2,35)23(39-16)31-11-27-17-20(31)28-24(26)29-21(17)37-3/h4-9,11-12,16,19,23,32,35H,10H2,1-3H3,(H,33,34)(H2,26,28,29)/t12?,16-,19-,23-,25-/m1/s1. The number of carboxylic acids is 1. The third-order valence-corrected chi connectivity index (χ3v) is 7.52. The summed E-state index contributed by atoms with van der Waals surface area (Å²) in [6.45, 7) is 2.42. The van der Waals surface area contributed by atoms with Gasteiger partial charge in [0.1, 0.15) is 24.4 Å². The predicted octanol–water partition coefficient (Wildman–Crippen LogP) is 1.37. The van der Waals surface area contributed by atoms with Crippen LogP contribution in [0, 0.1) is 0 Å². The number of aromatic nitrogens is 4. The van der Waals surface area contributed by atoms with Gasteiger partial charge in [0.2, 0.25) is 17.6 Å². The van der Waals surface area contributed by atoms with E-state index in [-0.39, 0.29) is 41.1 Å². The number of benzene rings is 2. The summed E-state index contributed by atoms with van der Waals surface area (Å²) in [7, 11) is -1.36. The number of nitrogens with two attached hydrogens (primary N) is 1. The van der Waals surface area contributed by atoms with Gasteiger partial charge in [-0.15, -0.1) is 0 Å². The topological polar surface area (TPSA) is 220 Å². The van der Waals surface area contributed by atoms with E-state index in [2.05, 4.69) is 19.7 Å². The number of aliphatic hydroxyl groups is 2. The quantitative estimate of drug-likeness (QED) is 0.204. The van der Waals surface area contributed by atoms with Crippen LogP contribution in [0.5, 0.6) is 17.4 Å². The molecule has 1 saturated heterocycles. The number of carboxylic acid groups (broad SMARTS) is 1. The first-order chi connectivity index (χ1) is 19.5. The Hall–Kier alpha value is -4.14. The minimum absolute atomic E-state index is 0.0706. The van der Waals surface area contributed by atoms with Crippen LogP contribution in [-0.4, -0.2) is 78.4 Å². The van der Waals surface area contributed by atoms with E-state index < -0.39 is 44.2 Å². The fourth-order valence-corrected chi connectivity index (χ4v) is 5.27. The summed E-state index contributed by atoms with van der Waals surface area (Å²) in [4.78, 5) is 36.2. The molecule has 0 amide bonds. The molecule has 41 heavy (non-hydrogen) atoms. The Balaban J connectivity index is 1.42. The van der Waals surface area contributed by atoms with E-state index in [1.54, 1.807) is 24.3 Å². The lowest BCUT2D eigenvalue weighted by Gasteiger charge is -2.27. The summed E-state index contributed by atoms with van der Waals surface area (Å²) in [5.41, 5.74) is 4.50. The molecule has 0 spiro atoms. The monoisotopic (exact) mass is 586 g/mol. The van der Waals surface area contributed by atoms with Crippen molar-refractivity contribution in [2.24, 2.45) is 4.74 Å². The Morgan fingerprint density at radius 2 is 2.07 bits per heavy atom. The fourth-order valence-electron chi connectivity index (χ4n) is 4.49. The van der Waals surface area contributed by atoms with E-state index in [4.69, 9.17) is 29.6 Å². The van der Waals surface area contributed by atoms with Crippen molar-refractivity contribution in [1.29, 1.82) is 0 Å². The molecule has 0 bridgehead atoms. The Morgan fingerprint density at radius 3 is 2.80 bits per heavy atom. The summed E-state index contributed by atoms with van der Waals surface area (Å²) in [6, 6.07) is 9.16. The van der Waals surface area contributed by atoms with Gasteiger partial charge in [0.25, 0.3) is 0 Å². The number of hydrogen-bond donors (Lipinski definition) is 4. The lowest BCUT2D eigenvalue weighted by molar-refractivity contribution is -0.169. The Kier molecular flexibility index (Phi) is 7.64. The molecule has 216 valence electrons. The van der Waals surface area contributed by atoms with E-state index >= 15 is 0 Å². The van der Waals surface area contributed by atoms with Gasteiger partial charge in [-0.05, 0) is 25.3 Å². The van der Waals surface area contributed by atoms with Gasteiger partial charge < -0.3 is 40.2 Å². The van der Waals surface area contributed by atoms with Gasteiger partial charge in [0, 0.05) is 5.39 Å². The molecule has 2 aromatic heterocycles. The second kappa shape index (κ2) is 11.0. The highest BCUT2D eigenvalue weighted by atomic mass is 31.1. The smallest absolute Gasteiger partial charge is 0.395 e. The first kappa shape index (κ1) is 28.4. The number of imidazole rings is 1. The maximum atomic E-state index is 12.6. The van der Waals surface area contributed by atoms with Crippen molar-refractivity contribution in [3.05, 3.63) is 42.7 Å². The second-order valence-corrected chi connectivity index (χ2v) is 10.4. The van der Waals surface area contributed by atoms with Crippen LogP contribution in [-0.2, 0) is 9.53 Å². The molecular weight excluding hydrogens is 559 g/mol. The first-order valence-corrected chi connectivity index (χ1v) is 13.5. The number of fused-ring (bicyclic) bond motifs is 2. The van der Waals surface area contributed by atoms with Crippen LogP contribution in [0.25, 0.3) is 21.9 Å².